The smallest absolute Gasteiger partial charge is 0.207 e. The Labute approximate surface area is 251 Å². The van der Waals surface area contributed by atoms with E-state index in [9.17, 15) is 4.57 Å². The molecule has 1 nitrogen and oxygen atoms in total. The predicted molar refractivity (Wildman–Crippen MR) is 186 cm³/mol. The highest BCUT2D eigenvalue weighted by Crippen LogP contribution is 2.43. The maximum atomic E-state index is 13.7. The van der Waals surface area contributed by atoms with Crippen LogP contribution in [0.1, 0.15) is 66.8 Å². The van der Waals surface area contributed by atoms with E-state index >= 15 is 0 Å². The fraction of sp³-hybridized carbons (Fsp3) is 0.368. The molecular formula is C38H50BOP. The quantitative estimate of drug-likeness (QED) is 0.180. The number of hydrogen-bond acceptors (Lipinski definition) is 1. The first-order chi connectivity index (χ1) is 18.9. The molecular weight excluding hydrogens is 514 g/mol. The van der Waals surface area contributed by atoms with Crippen molar-refractivity contribution in [3.63, 3.8) is 0 Å². The molecule has 0 aliphatic carbocycles. The predicted octanol–water partition coefficient (Wildman–Crippen LogP) is 8.26. The van der Waals surface area contributed by atoms with Crippen molar-refractivity contribution in [2.45, 2.75) is 89.9 Å². The molecule has 41 heavy (non-hydrogen) atoms. The van der Waals surface area contributed by atoms with Crippen LogP contribution in [0.4, 0.5) is 0 Å². The molecule has 216 valence electrons. The normalized spacial score (nSPS) is 11.3. The summed E-state index contributed by atoms with van der Waals surface area (Å²) in [4.78, 5) is 0. The molecule has 0 aromatic heterocycles. The van der Waals surface area contributed by atoms with Crippen LogP contribution in [0, 0.1) is 83.1 Å². The molecule has 4 rings (SSSR count). The maximum Gasteiger partial charge on any atom is 0.207 e. The lowest BCUT2D eigenvalue weighted by Gasteiger charge is -2.23. The standard InChI is InChI=1S/C19H25B.C19H25OP/c1-12-8-14(3)18(15(4)9-12)20(7)19-16(5)10-13(2)11-17(19)6;1-12-8-14(3)18(15(4)9-12)21(7,20)19-16(5)10-13(2)11-17(19)6/h8-11H,1-7H3;8-11H,1-7H3. The summed E-state index contributed by atoms with van der Waals surface area (Å²) in [6.45, 7) is 30.5. The number of hydrogen-bond donors (Lipinski definition) is 0. The first kappa shape index (κ1) is 32.7. The fourth-order valence-corrected chi connectivity index (χ4v) is 10.9. The molecule has 0 bridgehead atoms. The van der Waals surface area contributed by atoms with Gasteiger partial charge in [-0.05, 0) is 112 Å². The average Bonchev–Trinajstić information content (AvgIpc) is 2.76. The fourth-order valence-electron chi connectivity index (χ4n) is 7.70. The van der Waals surface area contributed by atoms with E-state index in [0.717, 1.165) is 32.9 Å². The molecule has 0 saturated carbocycles. The van der Waals surface area contributed by atoms with Crippen LogP contribution in [-0.2, 0) is 4.57 Å². The summed E-state index contributed by atoms with van der Waals surface area (Å²) in [6.07, 6.45) is 0. The summed E-state index contributed by atoms with van der Waals surface area (Å²) >= 11 is 0. The monoisotopic (exact) mass is 564 g/mol. The topological polar surface area (TPSA) is 17.1 Å². The van der Waals surface area contributed by atoms with Gasteiger partial charge in [-0.1, -0.05) is 111 Å². The lowest BCUT2D eigenvalue weighted by Crippen LogP contribution is -2.45. The molecule has 0 unspecified atom stereocenters. The van der Waals surface area contributed by atoms with Crippen molar-refractivity contribution in [1.82, 2.24) is 0 Å². The van der Waals surface area contributed by atoms with Crippen molar-refractivity contribution in [3.05, 3.63) is 115 Å². The van der Waals surface area contributed by atoms with Gasteiger partial charge in [-0.3, -0.25) is 0 Å². The van der Waals surface area contributed by atoms with Crippen LogP contribution in [0.2, 0.25) is 6.82 Å². The molecule has 0 aliphatic rings. The van der Waals surface area contributed by atoms with E-state index in [4.69, 9.17) is 0 Å². The summed E-state index contributed by atoms with van der Waals surface area (Å²) in [5.41, 5.74) is 18.3. The molecule has 0 saturated heterocycles. The maximum absolute atomic E-state index is 13.7. The molecule has 0 amide bonds. The summed E-state index contributed by atoms with van der Waals surface area (Å²) in [5.74, 6) is 0. The van der Waals surface area contributed by atoms with Crippen molar-refractivity contribution in [2.75, 3.05) is 6.66 Å². The molecule has 0 heterocycles. The lowest BCUT2D eigenvalue weighted by atomic mass is 9.39. The minimum absolute atomic E-state index is 0.455. The SMILES string of the molecule is CB(c1c(C)cc(C)cc1C)c1c(C)cc(C)cc1C.Cc1cc(C)c(P(C)(=O)c2c(C)cc(C)cc2C)c(C)c1. The summed E-state index contributed by atoms with van der Waals surface area (Å²) < 4.78 is 13.7. The third-order valence-corrected chi connectivity index (χ3v) is 11.6. The first-order valence-electron chi connectivity index (χ1n) is 14.9. The molecule has 0 fully saturated rings. The third-order valence-electron chi connectivity index (χ3n) is 8.47. The van der Waals surface area contributed by atoms with E-state index in [1.54, 1.807) is 0 Å². The Morgan fingerprint density at radius 2 is 0.610 bits per heavy atom. The zero-order valence-electron chi connectivity index (χ0n) is 28.1. The zero-order chi connectivity index (χ0) is 31.0. The van der Waals surface area contributed by atoms with E-state index in [1.807, 2.05) is 6.66 Å². The molecule has 0 N–H and O–H groups in total. The summed E-state index contributed by atoms with van der Waals surface area (Å²) in [7, 11) is -2.59. The van der Waals surface area contributed by atoms with Gasteiger partial charge in [-0.25, -0.2) is 0 Å². The molecule has 0 radical (unpaired) electrons. The van der Waals surface area contributed by atoms with Crippen LogP contribution in [0.5, 0.6) is 0 Å². The van der Waals surface area contributed by atoms with Gasteiger partial charge in [-0.2, -0.15) is 0 Å². The van der Waals surface area contributed by atoms with Crippen LogP contribution < -0.4 is 21.5 Å². The van der Waals surface area contributed by atoms with Crippen LogP contribution in [0.3, 0.4) is 0 Å². The van der Waals surface area contributed by atoms with Gasteiger partial charge in [0.05, 0.1) is 0 Å². The van der Waals surface area contributed by atoms with E-state index in [0.29, 0.717) is 6.71 Å². The van der Waals surface area contributed by atoms with Crippen molar-refractivity contribution in [3.8, 4) is 0 Å². The number of rotatable bonds is 4. The largest absolute Gasteiger partial charge is 0.314 e. The van der Waals surface area contributed by atoms with Gasteiger partial charge in [-0.15, -0.1) is 0 Å². The second kappa shape index (κ2) is 12.6. The van der Waals surface area contributed by atoms with E-state index < -0.39 is 7.14 Å². The van der Waals surface area contributed by atoms with Gasteiger partial charge in [0, 0.05) is 10.6 Å². The van der Waals surface area contributed by atoms with Crippen molar-refractivity contribution in [1.29, 1.82) is 0 Å². The Bertz CT molecular complexity index is 1450. The molecule has 0 atom stereocenters. The van der Waals surface area contributed by atoms with Crippen molar-refractivity contribution >= 4 is 35.4 Å². The van der Waals surface area contributed by atoms with Crippen molar-refractivity contribution < 1.29 is 4.57 Å². The van der Waals surface area contributed by atoms with Crippen LogP contribution in [0.25, 0.3) is 0 Å². The van der Waals surface area contributed by atoms with Crippen molar-refractivity contribution in [2.24, 2.45) is 0 Å². The second-order valence-corrected chi connectivity index (χ2v) is 15.5. The minimum Gasteiger partial charge on any atom is -0.314 e. The van der Waals surface area contributed by atoms with E-state index in [-0.39, 0.29) is 0 Å². The lowest BCUT2D eigenvalue weighted by molar-refractivity contribution is 0.590. The van der Waals surface area contributed by atoms with Gasteiger partial charge in [0.2, 0.25) is 6.71 Å². The van der Waals surface area contributed by atoms with Crippen LogP contribution in [-0.4, -0.2) is 13.4 Å². The Morgan fingerprint density at radius 1 is 0.415 bits per heavy atom. The van der Waals surface area contributed by atoms with E-state index in [2.05, 4.69) is 138 Å². The third kappa shape index (κ3) is 6.98. The molecule has 0 spiro atoms. The zero-order valence-corrected chi connectivity index (χ0v) is 28.9. The van der Waals surface area contributed by atoms with Gasteiger partial charge in [0.1, 0.15) is 7.14 Å². The minimum atomic E-state index is -2.59. The number of aryl methyl sites for hydroxylation is 12. The second-order valence-electron chi connectivity index (χ2n) is 12.8. The van der Waals surface area contributed by atoms with E-state index in [1.165, 1.54) is 55.4 Å². The Hall–Kier alpha value is -2.83. The Kier molecular flexibility index (Phi) is 10.0. The molecule has 4 aromatic rings. The summed E-state index contributed by atoms with van der Waals surface area (Å²) in [6, 6.07) is 17.8. The highest BCUT2D eigenvalue weighted by atomic mass is 31.2. The molecule has 3 heteroatoms. The highest BCUT2D eigenvalue weighted by Gasteiger charge is 2.28. The number of benzene rings is 4. The van der Waals surface area contributed by atoms with Crippen LogP contribution in [0.15, 0.2) is 48.5 Å². The van der Waals surface area contributed by atoms with Crippen LogP contribution >= 0.6 is 7.14 Å². The van der Waals surface area contributed by atoms with Gasteiger partial charge < -0.3 is 4.57 Å². The first-order valence-corrected chi connectivity index (χ1v) is 17.0. The summed E-state index contributed by atoms with van der Waals surface area (Å²) in [5, 5.41) is 2.06. The van der Waals surface area contributed by atoms with Gasteiger partial charge in [0.15, 0.2) is 0 Å². The highest BCUT2D eigenvalue weighted by molar-refractivity contribution is 7.78. The molecule has 0 aliphatic heterocycles. The van der Waals surface area contributed by atoms with Gasteiger partial charge >= 0.3 is 0 Å². The Balaban J connectivity index is 0.000000226. The van der Waals surface area contributed by atoms with Gasteiger partial charge in [0.25, 0.3) is 0 Å². The molecule has 4 aromatic carbocycles. The Morgan fingerprint density at radius 3 is 0.829 bits per heavy atom. The average molecular weight is 565 g/mol.